The van der Waals surface area contributed by atoms with Gasteiger partial charge in [-0.05, 0) is 57.1 Å². The summed E-state index contributed by atoms with van der Waals surface area (Å²) in [5, 5.41) is 12.2. The maximum Gasteiger partial charge on any atom is 0.131 e. The Hall–Kier alpha value is -1.66. The van der Waals surface area contributed by atoms with Crippen LogP contribution < -0.4 is 10.6 Å². The average molecular weight is 392 g/mol. The molecule has 1 aliphatic heterocycles. The van der Waals surface area contributed by atoms with Crippen molar-refractivity contribution in [3.8, 4) is 11.3 Å². The third-order valence-electron chi connectivity index (χ3n) is 5.68. The van der Waals surface area contributed by atoms with Crippen LogP contribution in [0.15, 0.2) is 18.3 Å². The topological polar surface area (TPSA) is 54.8 Å². The van der Waals surface area contributed by atoms with E-state index in [1.807, 2.05) is 12.3 Å². The molecular formula is C20H27ClFN5. The van der Waals surface area contributed by atoms with E-state index in [0.717, 1.165) is 55.6 Å². The fraction of sp³-hybridized carbons (Fsp3) is 0.600. The first-order valence-corrected chi connectivity index (χ1v) is 10.4. The van der Waals surface area contributed by atoms with Crippen LogP contribution in [0, 0.1) is 0 Å². The van der Waals surface area contributed by atoms with Crippen molar-refractivity contribution in [2.24, 2.45) is 0 Å². The van der Waals surface area contributed by atoms with Gasteiger partial charge in [-0.2, -0.15) is 5.10 Å². The van der Waals surface area contributed by atoms with Gasteiger partial charge < -0.3 is 10.6 Å². The second kappa shape index (κ2) is 8.57. The largest absolute Gasteiger partial charge is 0.382 e. The molecule has 146 valence electrons. The molecule has 2 N–H and O–H groups in total. The molecule has 0 aromatic carbocycles. The number of nitrogens with zero attached hydrogens (tertiary/aromatic N) is 3. The Labute approximate surface area is 164 Å². The van der Waals surface area contributed by atoms with Crippen molar-refractivity contribution < 1.29 is 4.39 Å². The maximum atomic E-state index is 12.3. The summed E-state index contributed by atoms with van der Waals surface area (Å²) in [5.41, 5.74) is 4.29. The Morgan fingerprint density at radius 3 is 2.74 bits per heavy atom. The van der Waals surface area contributed by atoms with E-state index in [2.05, 4.69) is 26.4 Å². The molecule has 4 rings (SSSR count). The predicted octanol–water partition coefficient (Wildman–Crippen LogP) is 4.22. The van der Waals surface area contributed by atoms with Crippen LogP contribution in [0.1, 0.15) is 44.2 Å². The summed E-state index contributed by atoms with van der Waals surface area (Å²) in [7, 11) is 0. The number of fused-ring (bicyclic) bond motifs is 1. The van der Waals surface area contributed by atoms with Crippen LogP contribution >= 0.6 is 11.6 Å². The molecule has 3 heterocycles. The van der Waals surface area contributed by atoms with Gasteiger partial charge in [-0.25, -0.2) is 9.37 Å². The fourth-order valence-electron chi connectivity index (χ4n) is 4.22. The molecule has 0 saturated heterocycles. The number of aryl methyl sites for hydroxylation is 2. The van der Waals surface area contributed by atoms with Crippen molar-refractivity contribution in [1.29, 1.82) is 0 Å². The van der Waals surface area contributed by atoms with E-state index in [9.17, 15) is 4.39 Å². The van der Waals surface area contributed by atoms with Crippen LogP contribution in [-0.4, -0.2) is 40.1 Å². The fourth-order valence-corrected chi connectivity index (χ4v) is 4.38. The summed E-state index contributed by atoms with van der Waals surface area (Å²) < 4.78 is 14.5. The maximum absolute atomic E-state index is 12.3. The number of rotatable bonds is 6. The Morgan fingerprint density at radius 2 is 1.96 bits per heavy atom. The minimum absolute atomic E-state index is 0.300. The first-order chi connectivity index (χ1) is 13.2. The van der Waals surface area contributed by atoms with Crippen molar-refractivity contribution in [2.75, 3.05) is 18.5 Å². The number of nitrogens with one attached hydrogen (secondary N) is 2. The van der Waals surface area contributed by atoms with Crippen molar-refractivity contribution in [3.63, 3.8) is 0 Å². The summed E-state index contributed by atoms with van der Waals surface area (Å²) >= 11 is 6.18. The van der Waals surface area contributed by atoms with Crippen molar-refractivity contribution in [2.45, 2.75) is 63.6 Å². The zero-order chi connectivity index (χ0) is 18.6. The van der Waals surface area contributed by atoms with Gasteiger partial charge in [0, 0.05) is 48.3 Å². The number of pyridine rings is 1. The van der Waals surface area contributed by atoms with Gasteiger partial charge in [0.2, 0.25) is 0 Å². The molecule has 0 bridgehead atoms. The minimum Gasteiger partial charge on any atom is -0.382 e. The minimum atomic E-state index is -0.300. The molecule has 27 heavy (non-hydrogen) atoms. The van der Waals surface area contributed by atoms with Gasteiger partial charge in [0.15, 0.2) is 0 Å². The molecule has 1 fully saturated rings. The molecule has 1 aliphatic carbocycles. The highest BCUT2D eigenvalue weighted by atomic mass is 35.5. The highest BCUT2D eigenvalue weighted by Gasteiger charge is 2.22. The SMILES string of the molecule is FCCNC1CCC(Nc2cc(Cl)ncc2-c2cc3n(n2)CCCC3)CC1. The second-order valence-electron chi connectivity index (χ2n) is 7.59. The average Bonchev–Trinajstić information content (AvgIpc) is 3.11. The van der Waals surface area contributed by atoms with Crippen molar-refractivity contribution in [3.05, 3.63) is 29.2 Å². The molecule has 0 unspecified atom stereocenters. The number of alkyl halides is 1. The summed E-state index contributed by atoms with van der Waals surface area (Å²) in [6, 6.07) is 4.91. The molecule has 0 spiro atoms. The Morgan fingerprint density at radius 1 is 1.15 bits per heavy atom. The van der Waals surface area contributed by atoms with Gasteiger partial charge >= 0.3 is 0 Å². The zero-order valence-corrected chi connectivity index (χ0v) is 16.3. The Bertz CT molecular complexity index is 746. The Kier molecular flexibility index (Phi) is 5.93. The summed E-state index contributed by atoms with van der Waals surface area (Å²) in [5.74, 6) is 0. The summed E-state index contributed by atoms with van der Waals surface area (Å²) in [6.07, 6.45) is 9.58. The number of aromatic nitrogens is 3. The molecule has 5 nitrogen and oxygen atoms in total. The van der Waals surface area contributed by atoms with E-state index in [-0.39, 0.29) is 6.67 Å². The highest BCUT2D eigenvalue weighted by Crippen LogP contribution is 2.32. The van der Waals surface area contributed by atoms with Crippen LogP contribution in [0.2, 0.25) is 5.15 Å². The lowest BCUT2D eigenvalue weighted by atomic mass is 9.91. The van der Waals surface area contributed by atoms with Gasteiger partial charge in [-0.1, -0.05) is 11.6 Å². The van der Waals surface area contributed by atoms with E-state index < -0.39 is 0 Å². The lowest BCUT2D eigenvalue weighted by Crippen LogP contribution is -2.37. The zero-order valence-electron chi connectivity index (χ0n) is 15.6. The smallest absolute Gasteiger partial charge is 0.131 e. The number of hydrogen-bond donors (Lipinski definition) is 2. The third kappa shape index (κ3) is 4.43. The molecule has 2 aromatic heterocycles. The number of anilines is 1. The Balaban J connectivity index is 1.48. The van der Waals surface area contributed by atoms with E-state index in [1.165, 1.54) is 18.5 Å². The monoisotopic (exact) mass is 391 g/mol. The summed E-state index contributed by atoms with van der Waals surface area (Å²) in [4.78, 5) is 4.29. The van der Waals surface area contributed by atoms with Gasteiger partial charge in [-0.15, -0.1) is 0 Å². The van der Waals surface area contributed by atoms with Gasteiger partial charge in [0.1, 0.15) is 11.8 Å². The molecule has 0 amide bonds. The molecule has 0 atom stereocenters. The highest BCUT2D eigenvalue weighted by molar-refractivity contribution is 6.29. The lowest BCUT2D eigenvalue weighted by Gasteiger charge is -2.30. The molecule has 2 aromatic rings. The molecular weight excluding hydrogens is 365 g/mol. The van der Waals surface area contributed by atoms with Crippen LogP contribution in [0.3, 0.4) is 0 Å². The van der Waals surface area contributed by atoms with Gasteiger partial charge in [-0.3, -0.25) is 4.68 Å². The quantitative estimate of drug-likeness (QED) is 0.724. The third-order valence-corrected chi connectivity index (χ3v) is 5.88. The van der Waals surface area contributed by atoms with Gasteiger partial charge in [0.05, 0.1) is 5.69 Å². The normalized spacial score (nSPS) is 22.4. The molecule has 1 saturated carbocycles. The first kappa shape index (κ1) is 18.7. The first-order valence-electron chi connectivity index (χ1n) is 10.0. The predicted molar refractivity (Wildman–Crippen MR) is 107 cm³/mol. The molecule has 0 radical (unpaired) electrons. The van der Waals surface area contributed by atoms with Crippen molar-refractivity contribution >= 4 is 17.3 Å². The van der Waals surface area contributed by atoms with Crippen LogP contribution in [-0.2, 0) is 13.0 Å². The van der Waals surface area contributed by atoms with E-state index in [4.69, 9.17) is 16.7 Å². The van der Waals surface area contributed by atoms with Crippen LogP contribution in [0.25, 0.3) is 11.3 Å². The standard InChI is InChI=1S/C20H27ClFN5/c21-20-12-18(25-15-6-4-14(5-7-15)23-9-8-22)17(13-24-20)19-11-16-3-1-2-10-27(16)26-19/h11-15,23H,1-10H2,(H,24,25). The van der Waals surface area contributed by atoms with Crippen LogP contribution in [0.4, 0.5) is 10.1 Å². The van der Waals surface area contributed by atoms with Gasteiger partial charge in [0.25, 0.3) is 0 Å². The molecule has 2 aliphatic rings. The molecule has 7 heteroatoms. The number of hydrogen-bond acceptors (Lipinski definition) is 4. The lowest BCUT2D eigenvalue weighted by molar-refractivity contribution is 0.339. The van der Waals surface area contributed by atoms with Crippen LogP contribution in [0.5, 0.6) is 0 Å². The van der Waals surface area contributed by atoms with Crippen molar-refractivity contribution in [1.82, 2.24) is 20.1 Å². The summed E-state index contributed by atoms with van der Waals surface area (Å²) in [6.45, 7) is 1.15. The van der Waals surface area contributed by atoms with E-state index in [0.29, 0.717) is 23.8 Å². The van der Waals surface area contributed by atoms with E-state index in [1.54, 1.807) is 0 Å². The number of halogens is 2. The van der Waals surface area contributed by atoms with E-state index >= 15 is 0 Å². The second-order valence-corrected chi connectivity index (χ2v) is 7.98.